The van der Waals surface area contributed by atoms with Crippen LogP contribution in [-0.2, 0) is 17.9 Å². The van der Waals surface area contributed by atoms with E-state index in [9.17, 15) is 0 Å². The van der Waals surface area contributed by atoms with Gasteiger partial charge in [0, 0.05) is 43.4 Å². The Bertz CT molecular complexity index is 958. The number of oxime groups is 1. The zero-order valence-electron chi connectivity index (χ0n) is 16.4. The van der Waals surface area contributed by atoms with E-state index < -0.39 is 0 Å². The van der Waals surface area contributed by atoms with E-state index in [1.165, 1.54) is 5.56 Å². The lowest BCUT2D eigenvalue weighted by Crippen LogP contribution is -2.08. The minimum atomic E-state index is -0.0844. The van der Waals surface area contributed by atoms with Gasteiger partial charge >= 0.3 is 0 Å². The quantitative estimate of drug-likeness (QED) is 0.613. The Morgan fingerprint density at radius 3 is 2.62 bits per heavy atom. The van der Waals surface area contributed by atoms with Gasteiger partial charge in [0.1, 0.15) is 12.4 Å². The smallest absolute Gasteiger partial charge is 0.213 e. The van der Waals surface area contributed by atoms with E-state index in [2.05, 4.69) is 51.6 Å². The molecule has 2 aromatic heterocycles. The van der Waals surface area contributed by atoms with E-state index in [-0.39, 0.29) is 6.10 Å². The van der Waals surface area contributed by atoms with Gasteiger partial charge in [-0.15, -0.1) is 0 Å². The standard InChI is InChI=1S/C23H24N4O2/c1-2-24-23-20(6-5-13-26-23)21-15-19(27-29-21)14-17-8-10-18(11-9-17)16-28-22-7-3-4-12-25-22/h3-13,21H,2,14-16H2,1H3,(H,24,26). The molecule has 0 amide bonds. The van der Waals surface area contributed by atoms with Gasteiger partial charge in [-0.05, 0) is 36.2 Å². The molecule has 4 rings (SSSR count). The Labute approximate surface area is 170 Å². The molecule has 148 valence electrons. The van der Waals surface area contributed by atoms with Crippen molar-refractivity contribution in [2.24, 2.45) is 5.16 Å². The summed E-state index contributed by atoms with van der Waals surface area (Å²) in [7, 11) is 0. The predicted molar refractivity (Wildman–Crippen MR) is 113 cm³/mol. The van der Waals surface area contributed by atoms with Crippen LogP contribution in [-0.4, -0.2) is 22.2 Å². The topological polar surface area (TPSA) is 68.6 Å². The third kappa shape index (κ3) is 4.90. The van der Waals surface area contributed by atoms with Crippen LogP contribution in [0.1, 0.15) is 36.1 Å². The zero-order chi connectivity index (χ0) is 19.9. The van der Waals surface area contributed by atoms with Gasteiger partial charge in [-0.3, -0.25) is 0 Å². The van der Waals surface area contributed by atoms with E-state index in [4.69, 9.17) is 9.57 Å². The Morgan fingerprint density at radius 2 is 1.83 bits per heavy atom. The fourth-order valence-corrected chi connectivity index (χ4v) is 3.27. The lowest BCUT2D eigenvalue weighted by Gasteiger charge is -2.13. The summed E-state index contributed by atoms with van der Waals surface area (Å²) in [5, 5.41) is 7.61. The lowest BCUT2D eigenvalue weighted by molar-refractivity contribution is 0.0860. The highest BCUT2D eigenvalue weighted by molar-refractivity contribution is 5.87. The lowest BCUT2D eigenvalue weighted by atomic mass is 10.00. The van der Waals surface area contributed by atoms with Crippen molar-refractivity contribution in [2.75, 3.05) is 11.9 Å². The molecule has 1 atom stereocenters. The molecular weight excluding hydrogens is 364 g/mol. The average Bonchev–Trinajstić information content (AvgIpc) is 3.23. The van der Waals surface area contributed by atoms with Crippen LogP contribution in [0.3, 0.4) is 0 Å². The number of pyridine rings is 2. The number of ether oxygens (including phenoxy) is 1. The van der Waals surface area contributed by atoms with Crippen molar-refractivity contribution < 1.29 is 9.57 Å². The number of hydrogen-bond donors (Lipinski definition) is 1. The van der Waals surface area contributed by atoms with Gasteiger partial charge in [-0.25, -0.2) is 9.97 Å². The molecule has 0 fully saturated rings. The number of rotatable bonds is 8. The summed E-state index contributed by atoms with van der Waals surface area (Å²) < 4.78 is 5.69. The number of benzene rings is 1. The number of nitrogens with zero attached hydrogens (tertiary/aromatic N) is 3. The number of aromatic nitrogens is 2. The Balaban J connectivity index is 1.32. The van der Waals surface area contributed by atoms with Crippen molar-refractivity contribution in [3.63, 3.8) is 0 Å². The number of anilines is 1. The third-order valence-corrected chi connectivity index (χ3v) is 4.72. The van der Waals surface area contributed by atoms with Gasteiger partial charge < -0.3 is 14.9 Å². The minimum absolute atomic E-state index is 0.0844. The molecule has 3 aromatic rings. The van der Waals surface area contributed by atoms with Crippen molar-refractivity contribution in [3.8, 4) is 5.88 Å². The summed E-state index contributed by atoms with van der Waals surface area (Å²) in [6.07, 6.45) is 4.97. The van der Waals surface area contributed by atoms with E-state index >= 15 is 0 Å². The molecule has 29 heavy (non-hydrogen) atoms. The summed E-state index contributed by atoms with van der Waals surface area (Å²) in [5.41, 5.74) is 4.40. The van der Waals surface area contributed by atoms with Crippen LogP contribution >= 0.6 is 0 Å². The maximum absolute atomic E-state index is 5.70. The van der Waals surface area contributed by atoms with Gasteiger partial charge in [0.2, 0.25) is 5.88 Å². The second kappa shape index (κ2) is 9.19. The molecule has 0 saturated heterocycles. The molecule has 1 aliphatic rings. The molecule has 6 heteroatoms. The second-order valence-corrected chi connectivity index (χ2v) is 6.88. The van der Waals surface area contributed by atoms with Crippen LogP contribution in [0.5, 0.6) is 5.88 Å². The minimum Gasteiger partial charge on any atom is -0.473 e. The molecule has 1 unspecified atom stereocenters. The molecule has 1 aromatic carbocycles. The predicted octanol–water partition coefficient (Wildman–Crippen LogP) is 4.55. The molecule has 3 heterocycles. The van der Waals surface area contributed by atoms with E-state index in [0.717, 1.165) is 42.0 Å². The number of nitrogens with one attached hydrogen (secondary N) is 1. The maximum Gasteiger partial charge on any atom is 0.213 e. The fourth-order valence-electron chi connectivity index (χ4n) is 3.27. The maximum atomic E-state index is 5.70. The Kier molecular flexibility index (Phi) is 6.00. The average molecular weight is 388 g/mol. The molecule has 1 aliphatic heterocycles. The SMILES string of the molecule is CCNc1ncccc1C1CC(Cc2ccc(COc3ccccn3)cc2)=NO1. The summed E-state index contributed by atoms with van der Waals surface area (Å²) >= 11 is 0. The molecule has 0 saturated carbocycles. The van der Waals surface area contributed by atoms with E-state index in [1.54, 1.807) is 12.4 Å². The summed E-state index contributed by atoms with van der Waals surface area (Å²) in [5.74, 6) is 1.50. The van der Waals surface area contributed by atoms with Gasteiger partial charge in [0.05, 0.1) is 5.71 Å². The monoisotopic (exact) mass is 388 g/mol. The zero-order valence-corrected chi connectivity index (χ0v) is 16.4. The van der Waals surface area contributed by atoms with Crippen molar-refractivity contribution in [1.82, 2.24) is 9.97 Å². The van der Waals surface area contributed by atoms with Crippen molar-refractivity contribution >= 4 is 11.5 Å². The first kappa shape index (κ1) is 18.9. The second-order valence-electron chi connectivity index (χ2n) is 6.88. The molecule has 1 N–H and O–H groups in total. The van der Waals surface area contributed by atoms with E-state index in [0.29, 0.717) is 12.5 Å². The van der Waals surface area contributed by atoms with Crippen LogP contribution in [0.4, 0.5) is 5.82 Å². The summed E-state index contributed by atoms with van der Waals surface area (Å²) in [6, 6.07) is 18.0. The van der Waals surface area contributed by atoms with Crippen molar-refractivity contribution in [3.05, 3.63) is 83.7 Å². The normalized spacial score (nSPS) is 15.5. The molecular formula is C23H24N4O2. The highest BCUT2D eigenvalue weighted by Gasteiger charge is 2.25. The first-order valence-electron chi connectivity index (χ1n) is 9.84. The van der Waals surface area contributed by atoms with Gasteiger partial charge in [0.25, 0.3) is 0 Å². The van der Waals surface area contributed by atoms with Gasteiger partial charge in [-0.2, -0.15) is 0 Å². The first-order chi connectivity index (χ1) is 14.3. The molecule has 6 nitrogen and oxygen atoms in total. The Morgan fingerprint density at radius 1 is 1.00 bits per heavy atom. The molecule has 0 bridgehead atoms. The Hall–Kier alpha value is -3.41. The fraction of sp³-hybridized carbons (Fsp3) is 0.261. The summed E-state index contributed by atoms with van der Waals surface area (Å²) in [6.45, 7) is 3.37. The molecule has 0 radical (unpaired) electrons. The summed E-state index contributed by atoms with van der Waals surface area (Å²) in [4.78, 5) is 14.3. The largest absolute Gasteiger partial charge is 0.473 e. The van der Waals surface area contributed by atoms with Gasteiger partial charge in [-0.1, -0.05) is 35.5 Å². The third-order valence-electron chi connectivity index (χ3n) is 4.72. The first-order valence-corrected chi connectivity index (χ1v) is 9.84. The van der Waals surface area contributed by atoms with E-state index in [1.807, 2.05) is 30.3 Å². The van der Waals surface area contributed by atoms with Crippen LogP contribution in [0.25, 0.3) is 0 Å². The highest BCUT2D eigenvalue weighted by atomic mass is 16.6. The molecule has 0 aliphatic carbocycles. The van der Waals surface area contributed by atoms with Gasteiger partial charge in [0.15, 0.2) is 6.10 Å². The highest BCUT2D eigenvalue weighted by Crippen LogP contribution is 2.32. The van der Waals surface area contributed by atoms with Crippen LogP contribution in [0.15, 0.2) is 72.1 Å². The van der Waals surface area contributed by atoms with Crippen LogP contribution < -0.4 is 10.1 Å². The van der Waals surface area contributed by atoms with Crippen molar-refractivity contribution in [1.29, 1.82) is 0 Å². The molecule has 0 spiro atoms. The van der Waals surface area contributed by atoms with Crippen LogP contribution in [0, 0.1) is 0 Å². The number of hydrogen-bond acceptors (Lipinski definition) is 6. The van der Waals surface area contributed by atoms with Crippen LogP contribution in [0.2, 0.25) is 0 Å². The van der Waals surface area contributed by atoms with Crippen molar-refractivity contribution in [2.45, 2.75) is 32.5 Å².